The summed E-state index contributed by atoms with van der Waals surface area (Å²) in [6, 6.07) is 8.20. The molecule has 2 aromatic rings. The fourth-order valence-corrected chi connectivity index (χ4v) is 2.22. The SMILES string of the molecule is Cc1cc(CN2CC(Oc3ccc(F)cc3)C2)n[nH]1. The minimum absolute atomic E-state index is 0.186. The summed E-state index contributed by atoms with van der Waals surface area (Å²) >= 11 is 0. The van der Waals surface area contributed by atoms with Gasteiger partial charge in [-0.05, 0) is 37.3 Å². The van der Waals surface area contributed by atoms with E-state index >= 15 is 0 Å². The van der Waals surface area contributed by atoms with E-state index < -0.39 is 0 Å². The first-order chi connectivity index (χ1) is 9.19. The summed E-state index contributed by atoms with van der Waals surface area (Å²) in [6.07, 6.45) is 0.186. The highest BCUT2D eigenvalue weighted by Gasteiger charge is 2.28. The van der Waals surface area contributed by atoms with Gasteiger partial charge < -0.3 is 4.74 Å². The summed E-state index contributed by atoms with van der Waals surface area (Å²) in [7, 11) is 0. The molecule has 3 rings (SSSR count). The number of nitrogens with zero attached hydrogens (tertiary/aromatic N) is 2. The molecule has 1 N–H and O–H groups in total. The van der Waals surface area contributed by atoms with Gasteiger partial charge in [0.2, 0.25) is 0 Å². The van der Waals surface area contributed by atoms with Gasteiger partial charge in [-0.25, -0.2) is 4.39 Å². The molecule has 100 valence electrons. The number of aryl methyl sites for hydroxylation is 1. The zero-order valence-corrected chi connectivity index (χ0v) is 10.8. The maximum Gasteiger partial charge on any atom is 0.124 e. The van der Waals surface area contributed by atoms with Gasteiger partial charge in [0.25, 0.3) is 0 Å². The standard InChI is InChI=1S/C14H16FN3O/c1-10-6-12(17-16-10)7-18-8-14(9-18)19-13-4-2-11(15)3-5-13/h2-6,14H,7-9H2,1H3,(H,16,17). The Morgan fingerprint density at radius 3 is 2.74 bits per heavy atom. The molecule has 1 aromatic heterocycles. The zero-order chi connectivity index (χ0) is 13.2. The van der Waals surface area contributed by atoms with Crippen LogP contribution in [0.3, 0.4) is 0 Å². The Labute approximate surface area is 111 Å². The van der Waals surface area contributed by atoms with Crippen molar-refractivity contribution in [3.8, 4) is 5.75 Å². The van der Waals surface area contributed by atoms with Crippen molar-refractivity contribution in [3.05, 3.63) is 47.5 Å². The van der Waals surface area contributed by atoms with Gasteiger partial charge in [0.15, 0.2) is 0 Å². The molecule has 19 heavy (non-hydrogen) atoms. The molecular formula is C14H16FN3O. The maximum absolute atomic E-state index is 12.8. The van der Waals surface area contributed by atoms with Gasteiger partial charge in [-0.2, -0.15) is 5.10 Å². The van der Waals surface area contributed by atoms with Crippen LogP contribution in [-0.2, 0) is 6.54 Å². The smallest absolute Gasteiger partial charge is 0.124 e. The first kappa shape index (κ1) is 12.2. The van der Waals surface area contributed by atoms with Crippen LogP contribution in [-0.4, -0.2) is 34.3 Å². The molecule has 0 radical (unpaired) electrons. The van der Waals surface area contributed by atoms with E-state index in [4.69, 9.17) is 4.74 Å². The summed E-state index contributed by atoms with van der Waals surface area (Å²) in [5, 5.41) is 7.14. The van der Waals surface area contributed by atoms with Crippen molar-refractivity contribution >= 4 is 0 Å². The molecule has 2 heterocycles. The van der Waals surface area contributed by atoms with E-state index in [2.05, 4.69) is 15.1 Å². The third-order valence-electron chi connectivity index (χ3n) is 3.18. The van der Waals surface area contributed by atoms with E-state index in [-0.39, 0.29) is 11.9 Å². The first-order valence-corrected chi connectivity index (χ1v) is 6.34. The van der Waals surface area contributed by atoms with E-state index in [0.29, 0.717) is 0 Å². The van der Waals surface area contributed by atoms with Crippen LogP contribution in [0.25, 0.3) is 0 Å². The molecule has 1 aliphatic heterocycles. The van der Waals surface area contributed by atoms with Crippen LogP contribution < -0.4 is 4.74 Å². The normalized spacial score (nSPS) is 16.3. The Balaban J connectivity index is 1.46. The molecule has 0 amide bonds. The second-order valence-corrected chi connectivity index (χ2v) is 4.93. The van der Waals surface area contributed by atoms with E-state index in [1.807, 2.05) is 13.0 Å². The largest absolute Gasteiger partial charge is 0.488 e. The van der Waals surface area contributed by atoms with Gasteiger partial charge in [-0.3, -0.25) is 10.00 Å². The summed E-state index contributed by atoms with van der Waals surface area (Å²) in [4.78, 5) is 2.27. The summed E-state index contributed by atoms with van der Waals surface area (Å²) in [5.74, 6) is 0.484. The van der Waals surface area contributed by atoms with Crippen LogP contribution in [0.2, 0.25) is 0 Å². The highest BCUT2D eigenvalue weighted by atomic mass is 19.1. The van der Waals surface area contributed by atoms with Crippen LogP contribution in [0.5, 0.6) is 5.75 Å². The second-order valence-electron chi connectivity index (χ2n) is 4.93. The number of hydrogen-bond acceptors (Lipinski definition) is 3. The monoisotopic (exact) mass is 261 g/mol. The average Bonchev–Trinajstić information content (AvgIpc) is 2.75. The van der Waals surface area contributed by atoms with E-state index in [9.17, 15) is 4.39 Å². The molecule has 0 atom stereocenters. The van der Waals surface area contributed by atoms with Crippen molar-refractivity contribution in [2.75, 3.05) is 13.1 Å². The Bertz CT molecular complexity index is 546. The van der Waals surface area contributed by atoms with E-state index in [1.165, 1.54) is 12.1 Å². The van der Waals surface area contributed by atoms with Crippen molar-refractivity contribution in [2.45, 2.75) is 19.6 Å². The first-order valence-electron chi connectivity index (χ1n) is 6.34. The van der Waals surface area contributed by atoms with E-state index in [1.54, 1.807) is 12.1 Å². The molecule has 1 aromatic carbocycles. The third-order valence-corrected chi connectivity index (χ3v) is 3.18. The number of H-pyrrole nitrogens is 1. The molecule has 4 nitrogen and oxygen atoms in total. The number of ether oxygens (including phenoxy) is 1. The molecule has 5 heteroatoms. The predicted molar refractivity (Wildman–Crippen MR) is 69.4 cm³/mol. The molecule has 0 saturated carbocycles. The average molecular weight is 261 g/mol. The lowest BCUT2D eigenvalue weighted by molar-refractivity contribution is 0.0138. The van der Waals surface area contributed by atoms with Crippen LogP contribution >= 0.6 is 0 Å². The number of hydrogen-bond donors (Lipinski definition) is 1. The summed E-state index contributed by atoms with van der Waals surface area (Å²) in [6.45, 7) is 4.59. The fraction of sp³-hybridized carbons (Fsp3) is 0.357. The topological polar surface area (TPSA) is 41.1 Å². The second kappa shape index (κ2) is 5.01. The Morgan fingerprint density at radius 2 is 2.11 bits per heavy atom. The van der Waals surface area contributed by atoms with Gasteiger partial charge in [-0.1, -0.05) is 0 Å². The number of rotatable bonds is 4. The van der Waals surface area contributed by atoms with Crippen molar-refractivity contribution in [2.24, 2.45) is 0 Å². The third kappa shape index (κ3) is 2.93. The molecule has 0 bridgehead atoms. The van der Waals surface area contributed by atoms with Gasteiger partial charge in [0.05, 0.1) is 5.69 Å². The number of likely N-dealkylation sites (tertiary alicyclic amines) is 1. The minimum Gasteiger partial charge on any atom is -0.488 e. The molecule has 0 aliphatic carbocycles. The van der Waals surface area contributed by atoms with Crippen molar-refractivity contribution in [1.29, 1.82) is 0 Å². The Morgan fingerprint density at radius 1 is 1.37 bits per heavy atom. The van der Waals surface area contributed by atoms with Crippen LogP contribution in [0.4, 0.5) is 4.39 Å². The Hall–Kier alpha value is -1.88. The van der Waals surface area contributed by atoms with Gasteiger partial charge in [0.1, 0.15) is 17.7 Å². The maximum atomic E-state index is 12.8. The summed E-state index contributed by atoms with van der Waals surface area (Å²) < 4.78 is 18.5. The molecule has 0 spiro atoms. The molecule has 0 unspecified atom stereocenters. The zero-order valence-electron chi connectivity index (χ0n) is 10.8. The lowest BCUT2D eigenvalue weighted by Crippen LogP contribution is -2.53. The predicted octanol–water partition coefficient (Wildman–Crippen LogP) is 2.12. The number of aromatic amines is 1. The van der Waals surface area contributed by atoms with Crippen molar-refractivity contribution < 1.29 is 9.13 Å². The minimum atomic E-state index is -0.239. The lowest BCUT2D eigenvalue weighted by atomic mass is 10.1. The van der Waals surface area contributed by atoms with E-state index in [0.717, 1.165) is 36.8 Å². The molecule has 1 saturated heterocycles. The number of halogens is 1. The number of nitrogens with one attached hydrogen (secondary N) is 1. The lowest BCUT2D eigenvalue weighted by Gasteiger charge is -2.38. The fourth-order valence-electron chi connectivity index (χ4n) is 2.22. The van der Waals surface area contributed by atoms with Crippen LogP contribution in [0.1, 0.15) is 11.4 Å². The number of benzene rings is 1. The van der Waals surface area contributed by atoms with Crippen LogP contribution in [0, 0.1) is 12.7 Å². The highest BCUT2D eigenvalue weighted by Crippen LogP contribution is 2.19. The van der Waals surface area contributed by atoms with Crippen LogP contribution in [0.15, 0.2) is 30.3 Å². The quantitative estimate of drug-likeness (QED) is 0.916. The van der Waals surface area contributed by atoms with Gasteiger partial charge in [0, 0.05) is 25.3 Å². The Kier molecular flexibility index (Phi) is 3.21. The van der Waals surface area contributed by atoms with Crippen molar-refractivity contribution in [3.63, 3.8) is 0 Å². The highest BCUT2D eigenvalue weighted by molar-refractivity contribution is 5.22. The number of aromatic nitrogens is 2. The van der Waals surface area contributed by atoms with Gasteiger partial charge in [-0.15, -0.1) is 0 Å². The van der Waals surface area contributed by atoms with Gasteiger partial charge >= 0.3 is 0 Å². The molecule has 1 aliphatic rings. The molecular weight excluding hydrogens is 245 g/mol. The van der Waals surface area contributed by atoms with Crippen molar-refractivity contribution in [1.82, 2.24) is 15.1 Å². The summed E-state index contributed by atoms with van der Waals surface area (Å²) in [5.41, 5.74) is 2.13. The molecule has 1 fully saturated rings.